The molecule has 1 aliphatic rings. The van der Waals surface area contributed by atoms with Gasteiger partial charge in [-0.05, 0) is 18.6 Å². The Labute approximate surface area is 133 Å². The van der Waals surface area contributed by atoms with E-state index in [0.717, 1.165) is 17.4 Å². The fraction of sp³-hybridized carbons (Fsp3) is 0.429. The second-order valence-electron chi connectivity index (χ2n) is 5.63. The number of halogens is 3. The van der Waals surface area contributed by atoms with Gasteiger partial charge < -0.3 is 0 Å². The number of aromatic nitrogens is 2. The monoisotopic (exact) mass is 345 g/mol. The van der Waals surface area contributed by atoms with Crippen molar-refractivity contribution in [2.45, 2.75) is 24.9 Å². The van der Waals surface area contributed by atoms with E-state index >= 15 is 0 Å². The molecule has 2 aromatic heterocycles. The van der Waals surface area contributed by atoms with Gasteiger partial charge in [0.25, 0.3) is 0 Å². The quantitative estimate of drug-likeness (QED) is 0.664. The standard InChI is InChI=1S/C14H14F3N3O2S/c1-6-3-8(14(15,16)17)12(23-6)10-9(11(10)13(21)19-22)7-4-18-20(2)5-7/h3-5,9-11,22H,1-2H3,(H,19,21). The number of aryl methyl sites for hydroxylation is 2. The lowest BCUT2D eigenvalue weighted by Crippen LogP contribution is -2.21. The maximum absolute atomic E-state index is 13.2. The van der Waals surface area contributed by atoms with Crippen LogP contribution in [0.1, 0.15) is 32.7 Å². The SMILES string of the molecule is Cc1cc(C(F)(F)F)c(C2C(C(=O)NO)C2c2cnn(C)c2)s1. The molecule has 124 valence electrons. The number of nitrogens with one attached hydrogen (secondary N) is 1. The van der Waals surface area contributed by atoms with Gasteiger partial charge in [-0.25, -0.2) is 5.48 Å². The molecule has 2 heterocycles. The number of amides is 1. The summed E-state index contributed by atoms with van der Waals surface area (Å²) in [5.41, 5.74) is 1.54. The van der Waals surface area contributed by atoms with Crippen molar-refractivity contribution in [1.29, 1.82) is 0 Å². The molecule has 23 heavy (non-hydrogen) atoms. The van der Waals surface area contributed by atoms with Crippen molar-refractivity contribution < 1.29 is 23.2 Å². The largest absolute Gasteiger partial charge is 0.417 e. The highest BCUT2D eigenvalue weighted by Crippen LogP contribution is 2.63. The zero-order valence-corrected chi connectivity index (χ0v) is 13.1. The Morgan fingerprint density at radius 3 is 2.65 bits per heavy atom. The van der Waals surface area contributed by atoms with Crippen molar-refractivity contribution in [2.75, 3.05) is 0 Å². The van der Waals surface area contributed by atoms with Crippen LogP contribution >= 0.6 is 11.3 Å². The summed E-state index contributed by atoms with van der Waals surface area (Å²) in [4.78, 5) is 12.5. The first-order valence-electron chi connectivity index (χ1n) is 6.84. The lowest BCUT2D eigenvalue weighted by molar-refractivity contribution is -0.138. The van der Waals surface area contributed by atoms with Crippen LogP contribution in [0.3, 0.4) is 0 Å². The van der Waals surface area contributed by atoms with Gasteiger partial charge in [0.2, 0.25) is 5.91 Å². The molecule has 2 N–H and O–H groups in total. The predicted octanol–water partition coefficient (Wildman–Crippen LogP) is 2.81. The molecule has 0 bridgehead atoms. The first-order valence-corrected chi connectivity index (χ1v) is 7.65. The normalized spacial score (nSPS) is 23.8. The van der Waals surface area contributed by atoms with Gasteiger partial charge in [0.15, 0.2) is 0 Å². The molecule has 3 unspecified atom stereocenters. The molecule has 1 amide bonds. The molecule has 0 aliphatic heterocycles. The predicted molar refractivity (Wildman–Crippen MR) is 76.2 cm³/mol. The zero-order valence-electron chi connectivity index (χ0n) is 12.3. The van der Waals surface area contributed by atoms with Gasteiger partial charge in [-0.15, -0.1) is 11.3 Å². The number of hydroxylamine groups is 1. The molecule has 5 nitrogen and oxygen atoms in total. The van der Waals surface area contributed by atoms with Gasteiger partial charge in [0.1, 0.15) is 0 Å². The molecule has 0 aromatic carbocycles. The first kappa shape index (κ1) is 16.0. The fourth-order valence-electron chi connectivity index (χ4n) is 3.07. The number of nitrogens with zero attached hydrogens (tertiary/aromatic N) is 2. The zero-order chi connectivity index (χ0) is 16.9. The molecule has 1 aliphatic carbocycles. The Morgan fingerprint density at radius 1 is 1.43 bits per heavy atom. The van der Waals surface area contributed by atoms with Gasteiger partial charge in [-0.2, -0.15) is 18.3 Å². The van der Waals surface area contributed by atoms with Crippen LogP contribution in [0.15, 0.2) is 18.5 Å². The summed E-state index contributed by atoms with van der Waals surface area (Å²) in [6.45, 7) is 1.60. The minimum atomic E-state index is -4.47. The van der Waals surface area contributed by atoms with Crippen molar-refractivity contribution in [3.8, 4) is 0 Å². The lowest BCUT2D eigenvalue weighted by atomic mass is 10.1. The van der Waals surface area contributed by atoms with Crippen molar-refractivity contribution in [2.24, 2.45) is 13.0 Å². The number of thiophene rings is 1. The topological polar surface area (TPSA) is 67.2 Å². The van der Waals surface area contributed by atoms with Crippen molar-refractivity contribution in [3.63, 3.8) is 0 Å². The Bertz CT molecular complexity index is 753. The molecular formula is C14H14F3N3O2S. The van der Waals surface area contributed by atoms with Crippen LogP contribution in [0.4, 0.5) is 13.2 Å². The minimum Gasteiger partial charge on any atom is -0.289 e. The van der Waals surface area contributed by atoms with E-state index in [1.54, 1.807) is 25.6 Å². The average Bonchev–Trinajstić information content (AvgIpc) is 2.82. The van der Waals surface area contributed by atoms with E-state index in [4.69, 9.17) is 5.21 Å². The van der Waals surface area contributed by atoms with Crippen LogP contribution in [-0.4, -0.2) is 20.9 Å². The Kier molecular flexibility index (Phi) is 3.72. The van der Waals surface area contributed by atoms with Crippen LogP contribution < -0.4 is 5.48 Å². The maximum atomic E-state index is 13.2. The average molecular weight is 345 g/mol. The van der Waals surface area contributed by atoms with E-state index in [1.165, 1.54) is 10.9 Å². The van der Waals surface area contributed by atoms with E-state index in [-0.39, 0.29) is 4.88 Å². The van der Waals surface area contributed by atoms with Gasteiger partial charge >= 0.3 is 6.18 Å². The van der Waals surface area contributed by atoms with E-state index < -0.39 is 35.4 Å². The summed E-state index contributed by atoms with van der Waals surface area (Å²) in [6, 6.07) is 1.10. The smallest absolute Gasteiger partial charge is 0.289 e. The van der Waals surface area contributed by atoms with Crippen molar-refractivity contribution >= 4 is 17.2 Å². The molecule has 1 fully saturated rings. The highest BCUT2D eigenvalue weighted by Gasteiger charge is 2.59. The number of hydrogen-bond acceptors (Lipinski definition) is 4. The Hall–Kier alpha value is -1.87. The molecule has 2 aromatic rings. The van der Waals surface area contributed by atoms with Gasteiger partial charge in [0, 0.05) is 34.8 Å². The molecule has 9 heteroatoms. The van der Waals surface area contributed by atoms with E-state index in [1.807, 2.05) is 0 Å². The van der Waals surface area contributed by atoms with Gasteiger partial charge in [-0.1, -0.05) is 0 Å². The molecule has 0 saturated heterocycles. The third-order valence-electron chi connectivity index (χ3n) is 4.03. The number of hydrogen-bond donors (Lipinski definition) is 2. The van der Waals surface area contributed by atoms with E-state index in [9.17, 15) is 18.0 Å². The minimum absolute atomic E-state index is 0.137. The Morgan fingerprint density at radius 2 is 2.13 bits per heavy atom. The first-order chi connectivity index (χ1) is 10.7. The fourth-order valence-corrected chi connectivity index (χ4v) is 4.30. The van der Waals surface area contributed by atoms with Crippen molar-refractivity contribution in [1.82, 2.24) is 15.3 Å². The molecule has 3 atom stereocenters. The second-order valence-corrected chi connectivity index (χ2v) is 6.92. The van der Waals surface area contributed by atoms with Crippen LogP contribution in [0.2, 0.25) is 0 Å². The number of alkyl halides is 3. The van der Waals surface area contributed by atoms with Crippen LogP contribution in [0, 0.1) is 12.8 Å². The van der Waals surface area contributed by atoms with Gasteiger partial charge in [0.05, 0.1) is 17.7 Å². The summed E-state index contributed by atoms with van der Waals surface area (Å²) in [7, 11) is 1.69. The number of carbonyl (C=O) groups excluding carboxylic acids is 1. The lowest BCUT2D eigenvalue weighted by Gasteiger charge is -2.07. The number of carbonyl (C=O) groups is 1. The van der Waals surface area contributed by atoms with E-state index in [2.05, 4.69) is 5.10 Å². The van der Waals surface area contributed by atoms with Crippen LogP contribution in [-0.2, 0) is 18.0 Å². The maximum Gasteiger partial charge on any atom is 0.417 e. The number of rotatable bonds is 3. The molecule has 3 rings (SSSR count). The van der Waals surface area contributed by atoms with Crippen molar-refractivity contribution in [3.05, 3.63) is 39.3 Å². The second kappa shape index (κ2) is 5.34. The molecule has 0 spiro atoms. The molecule has 1 saturated carbocycles. The Balaban J connectivity index is 2.02. The van der Waals surface area contributed by atoms with Crippen LogP contribution in [0.5, 0.6) is 0 Å². The summed E-state index contributed by atoms with van der Waals surface area (Å²) >= 11 is 1.04. The van der Waals surface area contributed by atoms with Gasteiger partial charge in [-0.3, -0.25) is 14.7 Å². The highest BCUT2D eigenvalue weighted by atomic mass is 32.1. The van der Waals surface area contributed by atoms with Crippen LogP contribution in [0.25, 0.3) is 0 Å². The summed E-state index contributed by atoms with van der Waals surface area (Å²) in [5.74, 6) is -2.44. The molecule has 0 radical (unpaired) electrons. The molecular weight excluding hydrogens is 331 g/mol. The third kappa shape index (κ3) is 2.74. The highest BCUT2D eigenvalue weighted by molar-refractivity contribution is 7.12. The summed E-state index contributed by atoms with van der Waals surface area (Å²) in [6.07, 6.45) is -1.26. The summed E-state index contributed by atoms with van der Waals surface area (Å²) in [5, 5.41) is 12.9. The summed E-state index contributed by atoms with van der Waals surface area (Å²) < 4.78 is 41.2. The third-order valence-corrected chi connectivity index (χ3v) is 5.19. The van der Waals surface area contributed by atoms with E-state index in [0.29, 0.717) is 10.4 Å².